The Hall–Kier alpha value is -2.32. The first-order chi connectivity index (χ1) is 14.2. The molecule has 2 amide bonds. The minimum Gasteiger partial charge on any atom is -0.449 e. The fraction of sp³-hybridized carbons (Fsp3) is 0.476. The number of rotatable bonds is 4. The molecule has 0 spiro atoms. The molecule has 30 heavy (non-hydrogen) atoms. The molecule has 1 aliphatic rings. The minimum absolute atomic E-state index is 0.211. The highest BCUT2D eigenvalue weighted by molar-refractivity contribution is 7.13. The molecule has 1 fully saturated rings. The van der Waals surface area contributed by atoms with Gasteiger partial charge in [-0.15, -0.1) is 11.3 Å². The highest BCUT2D eigenvalue weighted by Gasteiger charge is 2.27. The quantitative estimate of drug-likeness (QED) is 0.648. The summed E-state index contributed by atoms with van der Waals surface area (Å²) in [5.41, 5.74) is 0.903. The number of benzene rings is 1. The third-order valence-corrected chi connectivity index (χ3v) is 5.79. The molecule has 1 saturated heterocycles. The van der Waals surface area contributed by atoms with Crippen molar-refractivity contribution >= 4 is 40.8 Å². The SMILES string of the molecule is CC(C)(C)OC(=O)N1CCC(COC(=O)Nc2ccccc2-c2nc(Cl)cs2)CC1. The van der Waals surface area contributed by atoms with Gasteiger partial charge in [-0.05, 0) is 51.7 Å². The van der Waals surface area contributed by atoms with Gasteiger partial charge in [-0.2, -0.15) is 0 Å². The fourth-order valence-corrected chi connectivity index (χ4v) is 4.09. The van der Waals surface area contributed by atoms with Crippen molar-refractivity contribution in [2.45, 2.75) is 39.2 Å². The summed E-state index contributed by atoms with van der Waals surface area (Å²) < 4.78 is 10.8. The third-order valence-electron chi connectivity index (χ3n) is 4.59. The fourth-order valence-electron chi connectivity index (χ4n) is 3.10. The van der Waals surface area contributed by atoms with E-state index in [1.165, 1.54) is 11.3 Å². The summed E-state index contributed by atoms with van der Waals surface area (Å²) in [7, 11) is 0. The first-order valence-corrected chi connectivity index (χ1v) is 11.1. The Labute approximate surface area is 185 Å². The van der Waals surface area contributed by atoms with E-state index in [0.717, 1.165) is 23.4 Å². The molecule has 1 aromatic heterocycles. The van der Waals surface area contributed by atoms with Gasteiger partial charge in [0.15, 0.2) is 0 Å². The molecule has 7 nitrogen and oxygen atoms in total. The van der Waals surface area contributed by atoms with Crippen molar-refractivity contribution in [3.05, 3.63) is 34.8 Å². The molecule has 0 atom stereocenters. The van der Waals surface area contributed by atoms with Crippen LogP contribution in [0.25, 0.3) is 10.6 Å². The summed E-state index contributed by atoms with van der Waals surface area (Å²) in [5, 5.41) is 5.68. The van der Waals surface area contributed by atoms with Gasteiger partial charge >= 0.3 is 12.2 Å². The number of nitrogens with one attached hydrogen (secondary N) is 1. The Bertz CT molecular complexity index is 888. The van der Waals surface area contributed by atoms with Crippen LogP contribution in [0.5, 0.6) is 0 Å². The van der Waals surface area contributed by atoms with Crippen molar-refractivity contribution in [1.29, 1.82) is 0 Å². The van der Waals surface area contributed by atoms with Gasteiger partial charge < -0.3 is 14.4 Å². The molecular formula is C21H26ClN3O4S. The molecular weight excluding hydrogens is 426 g/mol. The predicted octanol–water partition coefficient (Wildman–Crippen LogP) is 5.66. The zero-order chi connectivity index (χ0) is 21.7. The van der Waals surface area contributed by atoms with Crippen molar-refractivity contribution in [2.75, 3.05) is 25.0 Å². The van der Waals surface area contributed by atoms with Crippen LogP contribution in [0, 0.1) is 5.92 Å². The monoisotopic (exact) mass is 451 g/mol. The van der Waals surface area contributed by atoms with Crippen LogP contribution in [0.15, 0.2) is 29.6 Å². The summed E-state index contributed by atoms with van der Waals surface area (Å²) in [6.07, 6.45) is 0.722. The number of thiazole rings is 1. The Kier molecular flexibility index (Phi) is 7.20. The van der Waals surface area contributed by atoms with Crippen molar-refractivity contribution in [1.82, 2.24) is 9.88 Å². The number of hydrogen-bond acceptors (Lipinski definition) is 6. The zero-order valence-corrected chi connectivity index (χ0v) is 18.9. The van der Waals surface area contributed by atoms with Crippen LogP contribution in [0.2, 0.25) is 5.15 Å². The van der Waals surface area contributed by atoms with Crippen LogP contribution in [0.1, 0.15) is 33.6 Å². The topological polar surface area (TPSA) is 80.8 Å². The molecule has 162 valence electrons. The standard InChI is InChI=1S/C21H26ClN3O4S/c1-21(2,3)29-20(27)25-10-8-14(9-11-25)12-28-19(26)23-16-7-5-4-6-15(16)18-24-17(22)13-30-18/h4-7,13-14H,8-12H2,1-3H3,(H,23,26). The number of aromatic nitrogens is 1. The van der Waals surface area contributed by atoms with Crippen molar-refractivity contribution < 1.29 is 19.1 Å². The highest BCUT2D eigenvalue weighted by Crippen LogP contribution is 2.31. The average Bonchev–Trinajstić information content (AvgIpc) is 3.12. The number of likely N-dealkylation sites (tertiary alicyclic amines) is 1. The number of ether oxygens (including phenoxy) is 2. The molecule has 9 heteroatoms. The lowest BCUT2D eigenvalue weighted by Gasteiger charge is -2.33. The van der Waals surface area contributed by atoms with Crippen LogP contribution in [-0.2, 0) is 9.47 Å². The van der Waals surface area contributed by atoms with E-state index >= 15 is 0 Å². The van der Waals surface area contributed by atoms with Gasteiger partial charge in [0, 0.05) is 24.0 Å². The normalized spacial score (nSPS) is 15.0. The van der Waals surface area contributed by atoms with Crippen molar-refractivity contribution in [3.8, 4) is 10.6 Å². The zero-order valence-electron chi connectivity index (χ0n) is 17.3. The Morgan fingerprint density at radius 1 is 1.27 bits per heavy atom. The molecule has 0 aliphatic carbocycles. The van der Waals surface area contributed by atoms with Gasteiger partial charge in [-0.25, -0.2) is 14.6 Å². The molecule has 0 unspecified atom stereocenters. The number of para-hydroxylation sites is 1. The summed E-state index contributed by atoms with van der Waals surface area (Å²) in [5.74, 6) is 0.211. The van der Waals surface area contributed by atoms with Crippen molar-refractivity contribution in [2.24, 2.45) is 5.92 Å². The second-order valence-corrected chi connectivity index (χ2v) is 9.40. The van der Waals surface area contributed by atoms with E-state index in [-0.39, 0.29) is 12.0 Å². The lowest BCUT2D eigenvalue weighted by molar-refractivity contribution is 0.0153. The van der Waals surface area contributed by atoms with E-state index < -0.39 is 11.7 Å². The van der Waals surface area contributed by atoms with Gasteiger partial charge in [-0.3, -0.25) is 5.32 Å². The number of amides is 2. The number of carbonyl (C=O) groups is 2. The number of carbonyl (C=O) groups excluding carboxylic acids is 2. The average molecular weight is 452 g/mol. The summed E-state index contributed by atoms with van der Waals surface area (Å²) in [6, 6.07) is 7.38. The second-order valence-electron chi connectivity index (χ2n) is 8.16. The van der Waals surface area contributed by atoms with E-state index in [0.29, 0.717) is 30.5 Å². The second kappa shape index (κ2) is 9.66. The molecule has 0 bridgehead atoms. The minimum atomic E-state index is -0.514. The molecule has 1 aromatic carbocycles. The Morgan fingerprint density at radius 3 is 2.60 bits per heavy atom. The number of halogens is 1. The Morgan fingerprint density at radius 2 is 1.97 bits per heavy atom. The molecule has 2 aromatic rings. The third kappa shape index (κ3) is 6.34. The van der Waals surface area contributed by atoms with Crippen LogP contribution >= 0.6 is 22.9 Å². The van der Waals surface area contributed by atoms with Gasteiger partial charge in [0.2, 0.25) is 0 Å². The maximum atomic E-state index is 12.3. The molecule has 0 radical (unpaired) electrons. The van der Waals surface area contributed by atoms with Gasteiger partial charge in [0.1, 0.15) is 15.8 Å². The van der Waals surface area contributed by atoms with E-state index in [1.807, 2.05) is 39.0 Å². The summed E-state index contributed by atoms with van der Waals surface area (Å²) in [6.45, 7) is 7.05. The first kappa shape index (κ1) is 22.4. The largest absolute Gasteiger partial charge is 0.449 e. The maximum absolute atomic E-state index is 12.3. The van der Waals surface area contributed by atoms with E-state index in [1.54, 1.807) is 16.3 Å². The lowest BCUT2D eigenvalue weighted by atomic mass is 9.98. The van der Waals surface area contributed by atoms with Gasteiger partial charge in [-0.1, -0.05) is 23.7 Å². The van der Waals surface area contributed by atoms with E-state index in [4.69, 9.17) is 21.1 Å². The first-order valence-electron chi connectivity index (χ1n) is 9.83. The molecule has 3 rings (SSSR count). The number of hydrogen-bond donors (Lipinski definition) is 1. The molecule has 1 aliphatic heterocycles. The molecule has 0 saturated carbocycles. The number of anilines is 1. The van der Waals surface area contributed by atoms with Crippen LogP contribution in [-0.4, -0.2) is 47.4 Å². The van der Waals surface area contributed by atoms with Crippen LogP contribution in [0.3, 0.4) is 0 Å². The molecule has 1 N–H and O–H groups in total. The Balaban J connectivity index is 1.47. The molecule has 2 heterocycles. The highest BCUT2D eigenvalue weighted by atomic mass is 35.5. The maximum Gasteiger partial charge on any atom is 0.411 e. The van der Waals surface area contributed by atoms with E-state index in [2.05, 4.69) is 10.3 Å². The number of piperidine rings is 1. The van der Waals surface area contributed by atoms with Crippen molar-refractivity contribution in [3.63, 3.8) is 0 Å². The summed E-state index contributed by atoms with van der Waals surface area (Å²) >= 11 is 7.33. The van der Waals surface area contributed by atoms with Crippen LogP contribution < -0.4 is 5.32 Å². The predicted molar refractivity (Wildman–Crippen MR) is 118 cm³/mol. The summed E-state index contributed by atoms with van der Waals surface area (Å²) in [4.78, 5) is 30.4. The number of nitrogens with zero attached hydrogens (tertiary/aromatic N) is 2. The van der Waals surface area contributed by atoms with Gasteiger partial charge in [0.25, 0.3) is 0 Å². The van der Waals surface area contributed by atoms with E-state index in [9.17, 15) is 9.59 Å². The smallest absolute Gasteiger partial charge is 0.411 e. The lowest BCUT2D eigenvalue weighted by Crippen LogP contribution is -2.42. The van der Waals surface area contributed by atoms with Gasteiger partial charge in [0.05, 0.1) is 12.3 Å². The van der Waals surface area contributed by atoms with Crippen LogP contribution in [0.4, 0.5) is 15.3 Å².